The third kappa shape index (κ3) is 5.64. The highest BCUT2D eigenvalue weighted by Gasteiger charge is 2.28. The molecule has 0 aromatic heterocycles. The summed E-state index contributed by atoms with van der Waals surface area (Å²) in [7, 11) is 3.51. The molecule has 1 aromatic rings. The van der Waals surface area contributed by atoms with Crippen LogP contribution in [0.5, 0.6) is 0 Å². The van der Waals surface area contributed by atoms with Crippen molar-refractivity contribution in [1.29, 1.82) is 0 Å². The molecule has 6 nitrogen and oxygen atoms in total. The standard InChI is InChI=1S/C20H32N4O2/c1-15(2)18(22-17-8-6-5-7-9-17)14-21-19(25)16-10-12-24(13-11-16)20(26)23(3)4/h5-9,15-16,18,22H,10-14H2,1-4H3,(H,21,25). The molecule has 1 fully saturated rings. The topological polar surface area (TPSA) is 64.7 Å². The first-order chi connectivity index (χ1) is 12.4. The van der Waals surface area contributed by atoms with Crippen molar-refractivity contribution in [3.05, 3.63) is 30.3 Å². The molecule has 1 unspecified atom stereocenters. The lowest BCUT2D eigenvalue weighted by molar-refractivity contribution is -0.126. The van der Waals surface area contributed by atoms with Crippen molar-refractivity contribution in [2.75, 3.05) is 39.0 Å². The monoisotopic (exact) mass is 360 g/mol. The average Bonchev–Trinajstić information content (AvgIpc) is 2.64. The van der Waals surface area contributed by atoms with E-state index in [-0.39, 0.29) is 23.9 Å². The minimum atomic E-state index is -0.00857. The van der Waals surface area contributed by atoms with E-state index >= 15 is 0 Å². The zero-order valence-corrected chi connectivity index (χ0v) is 16.4. The first kappa shape index (κ1) is 20.1. The van der Waals surface area contributed by atoms with E-state index in [1.165, 1.54) is 0 Å². The molecule has 6 heteroatoms. The molecular weight excluding hydrogens is 328 g/mol. The van der Waals surface area contributed by atoms with Gasteiger partial charge in [-0.25, -0.2) is 4.79 Å². The molecule has 1 aliphatic heterocycles. The maximum Gasteiger partial charge on any atom is 0.319 e. The lowest BCUT2D eigenvalue weighted by atomic mass is 9.95. The number of hydrogen-bond acceptors (Lipinski definition) is 3. The third-order valence-electron chi connectivity index (χ3n) is 4.95. The maximum atomic E-state index is 12.5. The van der Waals surface area contributed by atoms with Gasteiger partial charge in [0.25, 0.3) is 0 Å². The Labute approximate surface area is 156 Å². The highest BCUT2D eigenvalue weighted by atomic mass is 16.2. The van der Waals surface area contributed by atoms with Crippen LogP contribution in [0.25, 0.3) is 0 Å². The molecule has 144 valence electrons. The second-order valence-electron chi connectivity index (χ2n) is 7.54. The number of carbonyl (C=O) groups is 2. The van der Waals surface area contributed by atoms with E-state index < -0.39 is 0 Å². The summed E-state index contributed by atoms with van der Waals surface area (Å²) in [6.07, 6.45) is 1.45. The fourth-order valence-corrected chi connectivity index (χ4v) is 3.17. The highest BCUT2D eigenvalue weighted by molar-refractivity contribution is 5.79. The van der Waals surface area contributed by atoms with Gasteiger partial charge in [0.05, 0.1) is 0 Å². The second kappa shape index (κ2) is 9.46. The van der Waals surface area contributed by atoms with Crippen LogP contribution in [0.1, 0.15) is 26.7 Å². The summed E-state index contributed by atoms with van der Waals surface area (Å²) in [6.45, 7) is 6.19. The number of carbonyl (C=O) groups excluding carboxylic acids is 2. The summed E-state index contributed by atoms with van der Waals surface area (Å²) in [6, 6.07) is 10.3. The molecule has 0 aliphatic carbocycles. The molecule has 0 radical (unpaired) electrons. The Bertz CT molecular complexity index is 581. The van der Waals surface area contributed by atoms with E-state index in [9.17, 15) is 9.59 Å². The van der Waals surface area contributed by atoms with Gasteiger partial charge in [0.2, 0.25) is 5.91 Å². The van der Waals surface area contributed by atoms with Crippen molar-refractivity contribution in [2.24, 2.45) is 11.8 Å². The van der Waals surface area contributed by atoms with Crippen molar-refractivity contribution in [2.45, 2.75) is 32.7 Å². The first-order valence-corrected chi connectivity index (χ1v) is 9.44. The number of piperidine rings is 1. The quantitative estimate of drug-likeness (QED) is 0.820. The average molecular weight is 361 g/mol. The second-order valence-corrected chi connectivity index (χ2v) is 7.54. The molecule has 2 rings (SSSR count). The predicted octanol–water partition coefficient (Wildman–Crippen LogP) is 2.63. The van der Waals surface area contributed by atoms with Crippen molar-refractivity contribution >= 4 is 17.6 Å². The summed E-state index contributed by atoms with van der Waals surface area (Å²) in [5.74, 6) is 0.489. The van der Waals surface area contributed by atoms with Crippen LogP contribution in [0.15, 0.2) is 30.3 Å². The van der Waals surface area contributed by atoms with Crippen LogP contribution in [-0.4, -0.2) is 61.5 Å². The van der Waals surface area contributed by atoms with Gasteiger partial charge in [0.15, 0.2) is 0 Å². The van der Waals surface area contributed by atoms with Crippen LogP contribution in [-0.2, 0) is 4.79 Å². The van der Waals surface area contributed by atoms with Crippen LogP contribution >= 0.6 is 0 Å². The number of anilines is 1. The Balaban J connectivity index is 1.80. The van der Waals surface area contributed by atoms with Crippen LogP contribution in [0.2, 0.25) is 0 Å². The number of amides is 3. The van der Waals surface area contributed by atoms with Crippen molar-refractivity contribution < 1.29 is 9.59 Å². The minimum absolute atomic E-state index is 0.00857. The number of nitrogens with one attached hydrogen (secondary N) is 2. The van der Waals surface area contributed by atoms with Gasteiger partial charge in [0.1, 0.15) is 0 Å². The fourth-order valence-electron chi connectivity index (χ4n) is 3.17. The Morgan fingerprint density at radius 2 is 1.77 bits per heavy atom. The first-order valence-electron chi connectivity index (χ1n) is 9.44. The number of nitrogens with zero attached hydrogens (tertiary/aromatic N) is 2. The number of urea groups is 1. The summed E-state index contributed by atoms with van der Waals surface area (Å²) < 4.78 is 0. The molecule has 0 bridgehead atoms. The molecule has 26 heavy (non-hydrogen) atoms. The molecule has 1 aromatic carbocycles. The van der Waals surface area contributed by atoms with E-state index in [0.29, 0.717) is 25.6 Å². The Hall–Kier alpha value is -2.24. The molecule has 1 aliphatic rings. The Morgan fingerprint density at radius 3 is 2.31 bits per heavy atom. The lowest BCUT2D eigenvalue weighted by Gasteiger charge is -2.33. The van der Waals surface area contributed by atoms with Crippen molar-refractivity contribution in [3.8, 4) is 0 Å². The highest BCUT2D eigenvalue weighted by Crippen LogP contribution is 2.18. The number of hydrogen-bond donors (Lipinski definition) is 2. The molecule has 1 atom stereocenters. The summed E-state index contributed by atoms with van der Waals surface area (Å²) in [5.41, 5.74) is 1.07. The molecule has 1 saturated heterocycles. The van der Waals surface area contributed by atoms with Crippen LogP contribution < -0.4 is 10.6 Å². The maximum absolute atomic E-state index is 12.5. The smallest absolute Gasteiger partial charge is 0.319 e. The predicted molar refractivity (Wildman–Crippen MR) is 105 cm³/mol. The normalized spacial score (nSPS) is 16.3. The Kier molecular flexibility index (Phi) is 7.30. The number of rotatable bonds is 6. The minimum Gasteiger partial charge on any atom is -0.380 e. The molecule has 0 spiro atoms. The molecular formula is C20H32N4O2. The summed E-state index contributed by atoms with van der Waals surface area (Å²) in [4.78, 5) is 27.9. The molecule has 1 heterocycles. The zero-order valence-electron chi connectivity index (χ0n) is 16.4. The van der Waals surface area contributed by atoms with Gasteiger partial charge in [-0.2, -0.15) is 0 Å². The van der Waals surface area contributed by atoms with Gasteiger partial charge in [-0.15, -0.1) is 0 Å². The third-order valence-corrected chi connectivity index (χ3v) is 4.95. The van der Waals surface area contributed by atoms with Gasteiger partial charge < -0.3 is 20.4 Å². The molecule has 3 amide bonds. The summed E-state index contributed by atoms with van der Waals surface area (Å²) >= 11 is 0. The lowest BCUT2D eigenvalue weighted by Crippen LogP contribution is -2.48. The van der Waals surface area contributed by atoms with Crippen molar-refractivity contribution in [3.63, 3.8) is 0 Å². The van der Waals surface area contributed by atoms with Crippen LogP contribution in [0, 0.1) is 11.8 Å². The molecule has 0 saturated carbocycles. The van der Waals surface area contributed by atoms with Gasteiger partial charge in [-0.1, -0.05) is 32.0 Å². The molecule has 2 N–H and O–H groups in total. The van der Waals surface area contributed by atoms with Gasteiger partial charge in [0, 0.05) is 51.4 Å². The van der Waals surface area contributed by atoms with E-state index in [4.69, 9.17) is 0 Å². The largest absolute Gasteiger partial charge is 0.380 e. The van der Waals surface area contributed by atoms with Gasteiger partial charge in [-0.3, -0.25) is 4.79 Å². The van der Waals surface area contributed by atoms with Crippen LogP contribution in [0.3, 0.4) is 0 Å². The van der Waals surface area contributed by atoms with Crippen molar-refractivity contribution in [1.82, 2.24) is 15.1 Å². The number of likely N-dealkylation sites (tertiary alicyclic amines) is 1. The van der Waals surface area contributed by atoms with E-state index in [1.54, 1.807) is 19.0 Å². The number of benzene rings is 1. The Morgan fingerprint density at radius 1 is 1.15 bits per heavy atom. The van der Waals surface area contributed by atoms with Gasteiger partial charge in [-0.05, 0) is 30.9 Å². The van der Waals surface area contributed by atoms with Gasteiger partial charge >= 0.3 is 6.03 Å². The van der Waals surface area contributed by atoms with Crippen LogP contribution in [0.4, 0.5) is 10.5 Å². The summed E-state index contributed by atoms with van der Waals surface area (Å²) in [5, 5.41) is 6.60. The zero-order chi connectivity index (χ0) is 19.1. The van der Waals surface area contributed by atoms with E-state index in [2.05, 4.69) is 24.5 Å². The van der Waals surface area contributed by atoms with E-state index in [1.807, 2.05) is 35.2 Å². The fraction of sp³-hybridized carbons (Fsp3) is 0.600. The SMILES string of the molecule is CC(C)C(CNC(=O)C1CCN(C(=O)N(C)C)CC1)Nc1ccccc1. The number of para-hydroxylation sites is 1. The van der Waals surface area contributed by atoms with E-state index in [0.717, 1.165) is 18.5 Å².